The van der Waals surface area contributed by atoms with Crippen LogP contribution in [0.25, 0.3) is 11.3 Å². The minimum Gasteiger partial charge on any atom is -0.402 e. The average molecular weight is 282 g/mol. The molecule has 10 heteroatoms. The lowest BCUT2D eigenvalue weighted by molar-refractivity contribution is 0.0713. The van der Waals surface area contributed by atoms with Crippen molar-refractivity contribution in [3.05, 3.63) is 42.6 Å². The molecule has 0 fully saturated rings. The summed E-state index contributed by atoms with van der Waals surface area (Å²) in [4.78, 5) is 20.3. The summed E-state index contributed by atoms with van der Waals surface area (Å²) in [6, 6.07) is 3.00. The third-order valence-electron chi connectivity index (χ3n) is 2.77. The van der Waals surface area contributed by atoms with Crippen molar-refractivity contribution >= 4 is 17.3 Å². The molecule has 102 valence electrons. The van der Waals surface area contributed by atoms with Gasteiger partial charge in [-0.1, -0.05) is 10.4 Å². The molecule has 4 aromatic heterocycles. The Hall–Kier alpha value is -3.43. The predicted octanol–water partition coefficient (Wildman–Crippen LogP) is -0.219. The average Bonchev–Trinajstić information content (AvgIpc) is 3.15. The van der Waals surface area contributed by atoms with Crippen molar-refractivity contribution in [2.45, 2.75) is 0 Å². The molecule has 4 rings (SSSR count). The zero-order chi connectivity index (χ0) is 14.2. The van der Waals surface area contributed by atoms with E-state index in [-0.39, 0.29) is 11.6 Å². The van der Waals surface area contributed by atoms with Crippen LogP contribution in [0, 0.1) is 0 Å². The highest BCUT2D eigenvalue weighted by Gasteiger charge is 2.16. The molecular weight excluding hydrogens is 276 g/mol. The van der Waals surface area contributed by atoms with E-state index in [0.29, 0.717) is 11.3 Å². The van der Waals surface area contributed by atoms with Crippen molar-refractivity contribution in [1.82, 2.24) is 39.6 Å². The van der Waals surface area contributed by atoms with Crippen LogP contribution in [0.4, 0.5) is 0 Å². The molecule has 10 nitrogen and oxygen atoms in total. The second-order valence-corrected chi connectivity index (χ2v) is 4.01. The van der Waals surface area contributed by atoms with E-state index >= 15 is 0 Å². The van der Waals surface area contributed by atoms with Gasteiger partial charge in [-0.05, 0) is 6.07 Å². The molecule has 0 atom stereocenters. The topological polar surface area (TPSA) is 112 Å². The van der Waals surface area contributed by atoms with E-state index in [1.54, 1.807) is 0 Å². The first-order valence-electron chi connectivity index (χ1n) is 5.86. The molecule has 0 bridgehead atoms. The maximum Gasteiger partial charge on any atom is 0.363 e. The summed E-state index contributed by atoms with van der Waals surface area (Å²) in [7, 11) is 0. The van der Waals surface area contributed by atoms with Gasteiger partial charge in [-0.15, -0.1) is 10.2 Å². The van der Waals surface area contributed by atoms with Gasteiger partial charge >= 0.3 is 5.97 Å². The molecule has 0 aliphatic carbocycles. The summed E-state index contributed by atoms with van der Waals surface area (Å²) < 4.78 is 7.93. The van der Waals surface area contributed by atoms with Gasteiger partial charge in [0.05, 0.1) is 12.4 Å². The standard InChI is InChI=1S/C11H6N8O2/c20-11(7-1-3-12-8-5-14-16-18(7)8)21-10-2-4-13-9-6-15-17-19(9)10/h1-6H. The van der Waals surface area contributed by atoms with Crippen molar-refractivity contribution < 1.29 is 9.53 Å². The Morgan fingerprint density at radius 1 is 0.952 bits per heavy atom. The van der Waals surface area contributed by atoms with E-state index in [2.05, 4.69) is 30.6 Å². The molecule has 0 saturated carbocycles. The summed E-state index contributed by atoms with van der Waals surface area (Å²) in [6.45, 7) is 0. The maximum absolute atomic E-state index is 12.3. The fourth-order valence-electron chi connectivity index (χ4n) is 1.85. The van der Waals surface area contributed by atoms with Gasteiger partial charge in [0.2, 0.25) is 5.88 Å². The number of carbonyl (C=O) groups excluding carboxylic acids is 1. The number of esters is 1. The number of carbonyl (C=O) groups is 1. The van der Waals surface area contributed by atoms with E-state index in [9.17, 15) is 4.79 Å². The van der Waals surface area contributed by atoms with E-state index < -0.39 is 5.97 Å². The maximum atomic E-state index is 12.3. The van der Waals surface area contributed by atoms with Gasteiger partial charge in [0.15, 0.2) is 17.0 Å². The van der Waals surface area contributed by atoms with Crippen LogP contribution in [-0.2, 0) is 0 Å². The Bertz CT molecular complexity index is 959. The molecule has 0 radical (unpaired) electrons. The van der Waals surface area contributed by atoms with Gasteiger partial charge in [0, 0.05) is 18.5 Å². The number of fused-ring (bicyclic) bond motifs is 2. The number of hydrogen-bond acceptors (Lipinski definition) is 8. The molecule has 0 saturated heterocycles. The predicted molar refractivity (Wildman–Crippen MR) is 66.5 cm³/mol. The fourth-order valence-corrected chi connectivity index (χ4v) is 1.85. The summed E-state index contributed by atoms with van der Waals surface area (Å²) in [5, 5.41) is 15.0. The van der Waals surface area contributed by atoms with Gasteiger partial charge in [0.25, 0.3) is 0 Å². The van der Waals surface area contributed by atoms with Gasteiger partial charge in [-0.25, -0.2) is 14.8 Å². The second-order valence-electron chi connectivity index (χ2n) is 4.01. The zero-order valence-electron chi connectivity index (χ0n) is 10.4. The molecule has 0 aliphatic heterocycles. The van der Waals surface area contributed by atoms with Crippen LogP contribution in [0.2, 0.25) is 0 Å². The number of hydrogen-bond donors (Lipinski definition) is 0. The minimum absolute atomic E-state index is 0.197. The van der Waals surface area contributed by atoms with Crippen LogP contribution in [-0.4, -0.2) is 45.6 Å². The molecule has 0 N–H and O–H groups in total. The highest BCUT2D eigenvalue weighted by molar-refractivity contribution is 5.89. The molecule has 21 heavy (non-hydrogen) atoms. The van der Waals surface area contributed by atoms with Crippen molar-refractivity contribution in [2.24, 2.45) is 0 Å². The zero-order valence-corrected chi connectivity index (χ0v) is 10.4. The Balaban J connectivity index is 1.76. The SMILES string of the molecule is O=C(Oc1ccnc2cnnn12)c1ccnc2cnnn12. The molecule has 0 amide bonds. The van der Waals surface area contributed by atoms with Crippen molar-refractivity contribution in [1.29, 1.82) is 0 Å². The van der Waals surface area contributed by atoms with Crippen LogP contribution < -0.4 is 4.74 Å². The van der Waals surface area contributed by atoms with E-state index in [1.165, 1.54) is 46.0 Å². The summed E-state index contributed by atoms with van der Waals surface area (Å²) in [6.07, 6.45) is 5.88. The molecule has 0 aliphatic rings. The molecular formula is C11H6N8O2. The third kappa shape index (κ3) is 1.77. The molecule has 4 heterocycles. The second kappa shape index (κ2) is 4.30. The van der Waals surface area contributed by atoms with Gasteiger partial charge in [-0.2, -0.15) is 9.03 Å². The summed E-state index contributed by atoms with van der Waals surface area (Å²) >= 11 is 0. The number of rotatable bonds is 2. The van der Waals surface area contributed by atoms with Gasteiger partial charge < -0.3 is 4.74 Å². The van der Waals surface area contributed by atoms with Crippen molar-refractivity contribution in [2.75, 3.05) is 0 Å². The van der Waals surface area contributed by atoms with E-state index in [0.717, 1.165) is 0 Å². The van der Waals surface area contributed by atoms with Crippen LogP contribution in [0.3, 0.4) is 0 Å². The van der Waals surface area contributed by atoms with E-state index in [4.69, 9.17) is 4.74 Å². The Morgan fingerprint density at radius 3 is 2.43 bits per heavy atom. The van der Waals surface area contributed by atoms with Crippen LogP contribution in [0.1, 0.15) is 10.5 Å². The minimum atomic E-state index is -0.615. The smallest absolute Gasteiger partial charge is 0.363 e. The van der Waals surface area contributed by atoms with Gasteiger partial charge in [0.1, 0.15) is 0 Å². The fraction of sp³-hybridized carbons (Fsp3) is 0. The first kappa shape index (κ1) is 11.4. The Kier molecular flexibility index (Phi) is 2.33. The lowest BCUT2D eigenvalue weighted by Gasteiger charge is -2.05. The van der Waals surface area contributed by atoms with Crippen molar-refractivity contribution in [3.8, 4) is 5.88 Å². The number of ether oxygens (including phenoxy) is 1. The quantitative estimate of drug-likeness (QED) is 0.464. The monoisotopic (exact) mass is 282 g/mol. The van der Waals surface area contributed by atoms with Crippen LogP contribution >= 0.6 is 0 Å². The molecule has 0 aromatic carbocycles. The largest absolute Gasteiger partial charge is 0.402 e. The number of aromatic nitrogens is 8. The molecule has 0 spiro atoms. The van der Waals surface area contributed by atoms with E-state index in [1.807, 2.05) is 0 Å². The van der Waals surface area contributed by atoms with Crippen LogP contribution in [0.5, 0.6) is 5.88 Å². The highest BCUT2D eigenvalue weighted by atomic mass is 16.5. The number of nitrogens with zero attached hydrogens (tertiary/aromatic N) is 8. The normalized spacial score (nSPS) is 11.0. The lowest BCUT2D eigenvalue weighted by Crippen LogP contribution is -2.16. The Morgan fingerprint density at radius 2 is 1.62 bits per heavy atom. The Labute approximate surface area is 116 Å². The summed E-state index contributed by atoms with van der Waals surface area (Å²) in [5.41, 5.74) is 1.12. The first-order chi connectivity index (χ1) is 10.3. The molecule has 4 aromatic rings. The van der Waals surface area contributed by atoms with Gasteiger partial charge in [-0.3, -0.25) is 0 Å². The van der Waals surface area contributed by atoms with Crippen LogP contribution in [0.15, 0.2) is 36.9 Å². The highest BCUT2D eigenvalue weighted by Crippen LogP contribution is 2.12. The lowest BCUT2D eigenvalue weighted by atomic mass is 10.4. The first-order valence-corrected chi connectivity index (χ1v) is 5.86. The third-order valence-corrected chi connectivity index (χ3v) is 2.77. The van der Waals surface area contributed by atoms with Crippen molar-refractivity contribution in [3.63, 3.8) is 0 Å². The molecule has 0 unspecified atom stereocenters. The summed E-state index contributed by atoms with van der Waals surface area (Å²) in [5.74, 6) is -0.413.